The number of piperidine rings is 1. The number of nitrogens with zero attached hydrogens (tertiary/aromatic N) is 3. The van der Waals surface area contributed by atoms with E-state index in [1.54, 1.807) is 37.0 Å². The van der Waals surface area contributed by atoms with E-state index in [0.717, 1.165) is 11.3 Å². The number of rotatable bonds is 6. The Morgan fingerprint density at radius 2 is 2.06 bits per heavy atom. The van der Waals surface area contributed by atoms with E-state index in [9.17, 15) is 9.59 Å². The number of nitrogen functional groups attached to an aromatic ring is 1. The lowest BCUT2D eigenvalue weighted by molar-refractivity contribution is -0.125. The van der Waals surface area contributed by atoms with Crippen LogP contribution < -0.4 is 27.0 Å². The molecule has 0 saturated carbocycles. The first kappa shape index (κ1) is 20.8. The summed E-state index contributed by atoms with van der Waals surface area (Å²) in [6.07, 6.45) is 4.50. The maximum absolute atomic E-state index is 12.8. The van der Waals surface area contributed by atoms with Crippen LogP contribution in [0, 0.1) is 0 Å². The Bertz CT molecular complexity index is 1090. The van der Waals surface area contributed by atoms with Crippen molar-refractivity contribution in [1.29, 1.82) is 0 Å². The smallest absolute Gasteiger partial charge is 0.275 e. The van der Waals surface area contributed by atoms with Crippen LogP contribution in [0.4, 0.5) is 17.1 Å². The number of anilines is 3. The standard InChI is InChI=1S/C20H24N8O2S/c1-23-20(19(22)30)4-6-28(7-5-20)16-8-13(21)2-3-14(16)26-17(29)15-11-31-18(27-15)12-9-24-25-10-12/h2-3,8-11,23H,4-7,21H2,1H3,(H2,22,30)(H,24,25)(H,26,29). The zero-order chi connectivity index (χ0) is 22.0. The monoisotopic (exact) mass is 440 g/mol. The summed E-state index contributed by atoms with van der Waals surface area (Å²) >= 11 is 1.37. The lowest BCUT2D eigenvalue weighted by Crippen LogP contribution is -2.59. The fourth-order valence-electron chi connectivity index (χ4n) is 3.73. The Labute approximate surface area is 183 Å². The molecule has 3 heterocycles. The number of carbonyl (C=O) groups is 2. The quantitative estimate of drug-likeness (QED) is 0.363. The number of amides is 2. The van der Waals surface area contributed by atoms with E-state index in [1.165, 1.54) is 11.3 Å². The van der Waals surface area contributed by atoms with Crippen LogP contribution in [0.2, 0.25) is 0 Å². The predicted molar refractivity (Wildman–Crippen MR) is 121 cm³/mol. The number of hydrogen-bond donors (Lipinski definition) is 5. The lowest BCUT2D eigenvalue weighted by atomic mass is 9.86. The average Bonchev–Trinajstić information content (AvgIpc) is 3.47. The molecule has 0 unspecified atom stereocenters. The van der Waals surface area contributed by atoms with Gasteiger partial charge >= 0.3 is 0 Å². The van der Waals surface area contributed by atoms with Crippen molar-refractivity contribution in [2.24, 2.45) is 5.73 Å². The third-order valence-corrected chi connectivity index (χ3v) is 6.55. The second-order valence-electron chi connectivity index (χ2n) is 7.44. The van der Waals surface area contributed by atoms with Crippen molar-refractivity contribution >= 4 is 40.2 Å². The van der Waals surface area contributed by atoms with Gasteiger partial charge < -0.3 is 27.0 Å². The number of hydrogen-bond acceptors (Lipinski definition) is 8. The third-order valence-electron chi connectivity index (χ3n) is 5.66. The number of nitrogens with two attached hydrogens (primary N) is 2. The van der Waals surface area contributed by atoms with Crippen molar-refractivity contribution < 1.29 is 9.59 Å². The number of primary amides is 1. The van der Waals surface area contributed by atoms with Gasteiger partial charge in [-0.05, 0) is 38.1 Å². The number of aromatic amines is 1. The van der Waals surface area contributed by atoms with Crippen LogP contribution in [0.25, 0.3) is 10.6 Å². The van der Waals surface area contributed by atoms with Crippen molar-refractivity contribution in [3.8, 4) is 10.6 Å². The highest BCUT2D eigenvalue weighted by atomic mass is 32.1. The summed E-state index contributed by atoms with van der Waals surface area (Å²) in [6.45, 7) is 1.19. The summed E-state index contributed by atoms with van der Waals surface area (Å²) in [4.78, 5) is 31.3. The molecular formula is C20H24N8O2S. The Morgan fingerprint density at radius 1 is 1.29 bits per heavy atom. The van der Waals surface area contributed by atoms with Crippen LogP contribution in [0.5, 0.6) is 0 Å². The Balaban J connectivity index is 1.53. The van der Waals surface area contributed by atoms with Gasteiger partial charge in [-0.15, -0.1) is 11.3 Å². The number of carbonyl (C=O) groups excluding carboxylic acids is 2. The van der Waals surface area contributed by atoms with E-state index in [4.69, 9.17) is 11.5 Å². The van der Waals surface area contributed by atoms with E-state index in [1.807, 2.05) is 6.07 Å². The van der Waals surface area contributed by atoms with E-state index in [0.29, 0.717) is 48.0 Å². The minimum atomic E-state index is -0.718. The topological polar surface area (TPSA) is 155 Å². The van der Waals surface area contributed by atoms with Crippen LogP contribution in [0.3, 0.4) is 0 Å². The summed E-state index contributed by atoms with van der Waals surface area (Å²) in [5.74, 6) is -0.663. The highest BCUT2D eigenvalue weighted by Crippen LogP contribution is 2.33. The van der Waals surface area contributed by atoms with Crippen molar-refractivity contribution in [2.75, 3.05) is 36.1 Å². The fourth-order valence-corrected chi connectivity index (χ4v) is 4.51. The van der Waals surface area contributed by atoms with Crippen LogP contribution in [-0.2, 0) is 4.79 Å². The van der Waals surface area contributed by atoms with Gasteiger partial charge in [-0.3, -0.25) is 14.7 Å². The maximum atomic E-state index is 12.8. The molecule has 0 atom stereocenters. The molecule has 31 heavy (non-hydrogen) atoms. The molecule has 2 aromatic heterocycles. The SMILES string of the molecule is CNC1(C(N)=O)CCN(c2cc(N)ccc2NC(=O)c2csc(-c3cn[nH]c3)n2)CC1. The normalized spacial score (nSPS) is 15.6. The molecule has 1 aliphatic rings. The minimum absolute atomic E-state index is 0.310. The van der Waals surface area contributed by atoms with Crippen LogP contribution in [0.1, 0.15) is 23.3 Å². The molecule has 3 aromatic rings. The van der Waals surface area contributed by atoms with Crippen LogP contribution in [0.15, 0.2) is 36.0 Å². The maximum Gasteiger partial charge on any atom is 0.275 e. The van der Waals surface area contributed by atoms with E-state index < -0.39 is 5.54 Å². The largest absolute Gasteiger partial charge is 0.399 e. The number of benzene rings is 1. The van der Waals surface area contributed by atoms with Crippen molar-refractivity contribution in [3.05, 3.63) is 41.7 Å². The molecule has 0 spiro atoms. The second kappa shape index (κ2) is 8.36. The molecule has 1 saturated heterocycles. The highest BCUT2D eigenvalue weighted by Gasteiger charge is 2.38. The zero-order valence-electron chi connectivity index (χ0n) is 17.0. The number of H-pyrrole nitrogens is 1. The zero-order valence-corrected chi connectivity index (χ0v) is 17.8. The molecule has 11 heteroatoms. The Kier molecular flexibility index (Phi) is 5.61. The fraction of sp³-hybridized carbons (Fsp3) is 0.300. The van der Waals surface area contributed by atoms with Gasteiger partial charge in [0, 0.05) is 35.9 Å². The van der Waals surface area contributed by atoms with Crippen molar-refractivity contribution in [3.63, 3.8) is 0 Å². The molecule has 10 nitrogen and oxygen atoms in total. The first-order chi connectivity index (χ1) is 14.9. The first-order valence-electron chi connectivity index (χ1n) is 9.81. The average molecular weight is 441 g/mol. The molecule has 7 N–H and O–H groups in total. The summed E-state index contributed by atoms with van der Waals surface area (Å²) in [5, 5.41) is 15.1. The van der Waals surface area contributed by atoms with Crippen molar-refractivity contribution in [2.45, 2.75) is 18.4 Å². The summed E-state index contributed by atoms with van der Waals surface area (Å²) < 4.78 is 0. The number of aromatic nitrogens is 3. The molecule has 2 amide bonds. The van der Waals surface area contributed by atoms with Gasteiger partial charge in [-0.2, -0.15) is 5.10 Å². The van der Waals surface area contributed by atoms with Gasteiger partial charge in [-0.1, -0.05) is 0 Å². The summed E-state index contributed by atoms with van der Waals surface area (Å²) in [7, 11) is 1.75. The Morgan fingerprint density at radius 3 is 2.71 bits per heavy atom. The van der Waals surface area contributed by atoms with E-state index >= 15 is 0 Å². The van der Waals surface area contributed by atoms with Gasteiger partial charge in [0.25, 0.3) is 5.91 Å². The molecule has 0 radical (unpaired) electrons. The Hall–Kier alpha value is -3.44. The number of likely N-dealkylation sites (N-methyl/N-ethyl adjacent to an activating group) is 1. The lowest BCUT2D eigenvalue weighted by Gasteiger charge is -2.41. The first-order valence-corrected chi connectivity index (χ1v) is 10.7. The number of nitrogens with one attached hydrogen (secondary N) is 3. The molecule has 4 rings (SSSR count). The van der Waals surface area contributed by atoms with Crippen LogP contribution in [-0.4, -0.2) is 52.7 Å². The molecule has 162 valence electrons. The van der Waals surface area contributed by atoms with Crippen LogP contribution >= 0.6 is 11.3 Å². The molecule has 0 aliphatic carbocycles. The molecule has 1 aromatic carbocycles. The van der Waals surface area contributed by atoms with Gasteiger partial charge in [0.2, 0.25) is 5.91 Å². The second-order valence-corrected chi connectivity index (χ2v) is 8.30. The minimum Gasteiger partial charge on any atom is -0.399 e. The van der Waals surface area contributed by atoms with E-state index in [-0.39, 0.29) is 11.8 Å². The number of thiazole rings is 1. The molecule has 1 aliphatic heterocycles. The van der Waals surface area contributed by atoms with Gasteiger partial charge in [0.1, 0.15) is 16.2 Å². The van der Waals surface area contributed by atoms with Crippen molar-refractivity contribution in [1.82, 2.24) is 20.5 Å². The molecular weight excluding hydrogens is 416 g/mol. The highest BCUT2D eigenvalue weighted by molar-refractivity contribution is 7.13. The molecule has 0 bridgehead atoms. The summed E-state index contributed by atoms with van der Waals surface area (Å²) in [6, 6.07) is 5.34. The summed E-state index contributed by atoms with van der Waals surface area (Å²) in [5.41, 5.74) is 14.1. The van der Waals surface area contributed by atoms with E-state index in [2.05, 4.69) is 30.7 Å². The molecule has 1 fully saturated rings. The third kappa shape index (κ3) is 4.09. The van der Waals surface area contributed by atoms with Gasteiger partial charge in [-0.25, -0.2) is 4.98 Å². The predicted octanol–water partition coefficient (Wildman–Crippen LogP) is 1.41. The van der Waals surface area contributed by atoms with Gasteiger partial charge in [0.05, 0.1) is 17.6 Å². The van der Waals surface area contributed by atoms with Gasteiger partial charge in [0.15, 0.2) is 0 Å².